The fourth-order valence-electron chi connectivity index (χ4n) is 1.81. The van der Waals surface area contributed by atoms with Crippen molar-refractivity contribution in [3.63, 3.8) is 0 Å². The van der Waals surface area contributed by atoms with Crippen LogP contribution in [-0.2, 0) is 10.0 Å². The summed E-state index contributed by atoms with van der Waals surface area (Å²) in [5.74, 6) is 0.663. The molecule has 1 fully saturated rings. The van der Waals surface area contributed by atoms with Gasteiger partial charge < -0.3 is 10.1 Å². The molecule has 1 unspecified atom stereocenters. The Bertz CT molecular complexity index is 541. The molecule has 112 valence electrons. The van der Waals surface area contributed by atoms with Crippen molar-refractivity contribution in [3.8, 4) is 5.75 Å². The van der Waals surface area contributed by atoms with Crippen molar-refractivity contribution < 1.29 is 13.2 Å². The third-order valence-electron chi connectivity index (χ3n) is 3.21. The number of ether oxygens (including phenoxy) is 1. The van der Waals surface area contributed by atoms with Gasteiger partial charge in [0.25, 0.3) is 0 Å². The lowest BCUT2D eigenvalue weighted by Crippen LogP contribution is -2.35. The van der Waals surface area contributed by atoms with Crippen LogP contribution in [0.25, 0.3) is 0 Å². The normalized spacial score (nSPS) is 16.7. The van der Waals surface area contributed by atoms with E-state index >= 15 is 0 Å². The molecule has 1 aromatic carbocycles. The van der Waals surface area contributed by atoms with Gasteiger partial charge in [-0.3, -0.25) is 4.72 Å². The van der Waals surface area contributed by atoms with Crippen LogP contribution in [0, 0.1) is 0 Å². The zero-order valence-corrected chi connectivity index (χ0v) is 12.7. The molecule has 6 heteroatoms. The topological polar surface area (TPSA) is 67.4 Å². The van der Waals surface area contributed by atoms with Gasteiger partial charge in [0.05, 0.1) is 17.5 Å². The van der Waals surface area contributed by atoms with E-state index in [1.54, 1.807) is 31.2 Å². The Labute approximate surface area is 120 Å². The number of hydrogen-bond acceptors (Lipinski definition) is 4. The summed E-state index contributed by atoms with van der Waals surface area (Å²) in [5, 5.41) is 2.76. The van der Waals surface area contributed by atoms with Gasteiger partial charge >= 0.3 is 0 Å². The highest BCUT2D eigenvalue weighted by Crippen LogP contribution is 2.21. The van der Waals surface area contributed by atoms with Gasteiger partial charge in [0.1, 0.15) is 5.75 Å². The number of benzene rings is 1. The van der Waals surface area contributed by atoms with Gasteiger partial charge in [-0.1, -0.05) is 6.07 Å². The lowest BCUT2D eigenvalue weighted by molar-refractivity contribution is 0.340. The van der Waals surface area contributed by atoms with Crippen LogP contribution in [0.15, 0.2) is 24.3 Å². The summed E-state index contributed by atoms with van der Waals surface area (Å²) in [6.07, 6.45) is 2.30. The Morgan fingerprint density at radius 2 is 2.15 bits per heavy atom. The largest absolute Gasteiger partial charge is 0.494 e. The van der Waals surface area contributed by atoms with Crippen LogP contribution in [0.5, 0.6) is 5.75 Å². The molecule has 0 amide bonds. The number of rotatable bonds is 8. The first-order valence-electron chi connectivity index (χ1n) is 6.99. The van der Waals surface area contributed by atoms with E-state index < -0.39 is 15.3 Å². The number of sulfonamides is 1. The van der Waals surface area contributed by atoms with E-state index in [1.165, 1.54) is 0 Å². The van der Waals surface area contributed by atoms with E-state index in [-0.39, 0.29) is 0 Å². The predicted octanol–water partition coefficient (Wildman–Crippen LogP) is 1.97. The Kier molecular flexibility index (Phi) is 4.88. The average molecular weight is 298 g/mol. The van der Waals surface area contributed by atoms with Crippen LogP contribution in [0.4, 0.5) is 5.69 Å². The molecule has 1 aliphatic rings. The molecule has 0 aliphatic heterocycles. The zero-order chi connectivity index (χ0) is 14.6. The van der Waals surface area contributed by atoms with Crippen molar-refractivity contribution >= 4 is 15.7 Å². The maximum absolute atomic E-state index is 12.2. The number of hydrogen-bond donors (Lipinski definition) is 2. The molecular weight excluding hydrogens is 276 g/mol. The Morgan fingerprint density at radius 3 is 2.80 bits per heavy atom. The van der Waals surface area contributed by atoms with Crippen molar-refractivity contribution in [1.29, 1.82) is 0 Å². The van der Waals surface area contributed by atoms with Crippen LogP contribution in [0.3, 0.4) is 0 Å². The summed E-state index contributed by atoms with van der Waals surface area (Å²) in [6, 6.07) is 7.51. The Morgan fingerprint density at radius 1 is 1.40 bits per heavy atom. The first kappa shape index (κ1) is 15.1. The van der Waals surface area contributed by atoms with Crippen molar-refractivity contribution in [2.45, 2.75) is 38.0 Å². The first-order valence-corrected chi connectivity index (χ1v) is 8.54. The summed E-state index contributed by atoms with van der Waals surface area (Å²) in [5.41, 5.74) is 0.536. The quantitative estimate of drug-likeness (QED) is 0.770. The average Bonchev–Trinajstić information content (AvgIpc) is 3.20. The van der Waals surface area contributed by atoms with Gasteiger partial charge in [-0.2, -0.15) is 0 Å². The summed E-state index contributed by atoms with van der Waals surface area (Å²) in [7, 11) is -3.38. The van der Waals surface area contributed by atoms with Gasteiger partial charge in [-0.15, -0.1) is 0 Å². The molecule has 1 aliphatic carbocycles. The maximum atomic E-state index is 12.2. The summed E-state index contributed by atoms with van der Waals surface area (Å²) < 4.78 is 32.4. The molecule has 1 aromatic rings. The fraction of sp³-hybridized carbons (Fsp3) is 0.571. The molecule has 0 bridgehead atoms. The Balaban J connectivity index is 1.96. The van der Waals surface area contributed by atoms with E-state index in [4.69, 9.17) is 4.74 Å². The van der Waals surface area contributed by atoms with Crippen molar-refractivity contribution in [3.05, 3.63) is 24.3 Å². The van der Waals surface area contributed by atoms with Gasteiger partial charge in [0, 0.05) is 18.7 Å². The van der Waals surface area contributed by atoms with Crippen LogP contribution in [0.2, 0.25) is 0 Å². The third kappa shape index (κ3) is 4.38. The summed E-state index contributed by atoms with van der Waals surface area (Å²) >= 11 is 0. The van der Waals surface area contributed by atoms with Crippen molar-refractivity contribution in [1.82, 2.24) is 5.32 Å². The van der Waals surface area contributed by atoms with E-state index in [0.717, 1.165) is 12.8 Å². The van der Waals surface area contributed by atoms with Crippen LogP contribution in [0.1, 0.15) is 26.7 Å². The number of nitrogens with one attached hydrogen (secondary N) is 2. The molecule has 1 atom stereocenters. The van der Waals surface area contributed by atoms with E-state index in [9.17, 15) is 8.42 Å². The molecule has 0 radical (unpaired) electrons. The molecular formula is C14H22N2O3S. The van der Waals surface area contributed by atoms with Crippen LogP contribution < -0.4 is 14.8 Å². The predicted molar refractivity (Wildman–Crippen MR) is 80.6 cm³/mol. The minimum atomic E-state index is -3.38. The van der Waals surface area contributed by atoms with Crippen LogP contribution >= 0.6 is 0 Å². The second kappa shape index (κ2) is 6.45. The van der Waals surface area contributed by atoms with E-state index in [0.29, 0.717) is 30.6 Å². The van der Waals surface area contributed by atoms with Crippen LogP contribution in [-0.4, -0.2) is 32.9 Å². The van der Waals surface area contributed by atoms with E-state index in [1.807, 2.05) is 6.92 Å². The van der Waals surface area contributed by atoms with Gasteiger partial charge in [0.15, 0.2) is 0 Å². The SMILES string of the molecule is CCOc1cccc(NS(=O)(=O)C(C)CNC2CC2)c1. The molecule has 2 N–H and O–H groups in total. The third-order valence-corrected chi connectivity index (χ3v) is 4.95. The molecule has 0 saturated heterocycles. The molecule has 20 heavy (non-hydrogen) atoms. The second-order valence-corrected chi connectivity index (χ2v) is 7.20. The van der Waals surface area contributed by atoms with Gasteiger partial charge in [-0.25, -0.2) is 8.42 Å². The molecule has 0 heterocycles. The van der Waals surface area contributed by atoms with Gasteiger partial charge in [-0.05, 0) is 38.8 Å². The van der Waals surface area contributed by atoms with Gasteiger partial charge in [0.2, 0.25) is 10.0 Å². The minimum absolute atomic E-state index is 0.473. The molecule has 5 nitrogen and oxygen atoms in total. The van der Waals surface area contributed by atoms with E-state index in [2.05, 4.69) is 10.0 Å². The smallest absolute Gasteiger partial charge is 0.236 e. The highest BCUT2D eigenvalue weighted by Gasteiger charge is 2.25. The molecule has 0 spiro atoms. The zero-order valence-electron chi connectivity index (χ0n) is 11.9. The summed E-state index contributed by atoms with van der Waals surface area (Å²) in [6.45, 7) is 4.63. The fourth-order valence-corrected chi connectivity index (χ4v) is 2.78. The monoisotopic (exact) mass is 298 g/mol. The lowest BCUT2D eigenvalue weighted by atomic mass is 10.3. The number of anilines is 1. The lowest BCUT2D eigenvalue weighted by Gasteiger charge is -2.16. The van der Waals surface area contributed by atoms with Crippen molar-refractivity contribution in [2.75, 3.05) is 17.9 Å². The Hall–Kier alpha value is -1.27. The maximum Gasteiger partial charge on any atom is 0.236 e. The summed E-state index contributed by atoms with van der Waals surface area (Å²) in [4.78, 5) is 0. The highest BCUT2D eigenvalue weighted by atomic mass is 32.2. The molecule has 2 rings (SSSR count). The first-order chi connectivity index (χ1) is 9.51. The molecule has 0 aromatic heterocycles. The standard InChI is InChI=1S/C14H22N2O3S/c1-3-19-14-6-4-5-13(9-14)16-20(17,18)11(2)10-15-12-7-8-12/h4-6,9,11-12,15-16H,3,7-8,10H2,1-2H3. The van der Waals surface area contributed by atoms with Crippen molar-refractivity contribution in [2.24, 2.45) is 0 Å². The second-order valence-electron chi connectivity index (χ2n) is 5.10. The molecule has 1 saturated carbocycles. The minimum Gasteiger partial charge on any atom is -0.494 e. The highest BCUT2D eigenvalue weighted by molar-refractivity contribution is 7.93.